The van der Waals surface area contributed by atoms with Crippen LogP contribution in [0.3, 0.4) is 0 Å². The van der Waals surface area contributed by atoms with E-state index in [4.69, 9.17) is 4.74 Å². The van der Waals surface area contributed by atoms with Gasteiger partial charge in [0.1, 0.15) is 12.4 Å². The van der Waals surface area contributed by atoms with Gasteiger partial charge in [0.2, 0.25) is 0 Å². The zero-order chi connectivity index (χ0) is 13.3. The van der Waals surface area contributed by atoms with Crippen LogP contribution in [0, 0.1) is 0 Å². The highest BCUT2D eigenvalue weighted by Gasteiger charge is 2.33. The number of benzene rings is 1. The molecule has 1 atom stereocenters. The highest BCUT2D eigenvalue weighted by atomic mass is 19.4. The summed E-state index contributed by atoms with van der Waals surface area (Å²) in [6.07, 6.45) is -5.09. The molecule has 0 aliphatic carbocycles. The summed E-state index contributed by atoms with van der Waals surface area (Å²) in [7, 11) is 1.35. The van der Waals surface area contributed by atoms with Crippen molar-refractivity contribution in [3.8, 4) is 5.75 Å². The second-order valence-electron chi connectivity index (χ2n) is 3.75. The Morgan fingerprint density at radius 1 is 1.44 bits per heavy atom. The number of halogens is 3. The fourth-order valence-electron chi connectivity index (χ4n) is 1.74. The standard InChI is InChI=1S/C11H10F3NO3/c1-17-9-3-2-6(11(12,13)14)4-7(9)8-5-18-10(16)15-8/h2-4,8H,5H2,1H3,(H,15,16). The van der Waals surface area contributed by atoms with Gasteiger partial charge in [-0.3, -0.25) is 0 Å². The molecule has 1 aromatic carbocycles. The highest BCUT2D eigenvalue weighted by Crippen LogP contribution is 2.35. The summed E-state index contributed by atoms with van der Waals surface area (Å²) in [6.45, 7) is -0.0174. The van der Waals surface area contributed by atoms with Crippen molar-refractivity contribution in [2.45, 2.75) is 12.2 Å². The van der Waals surface area contributed by atoms with Gasteiger partial charge in [0, 0.05) is 5.56 Å². The zero-order valence-electron chi connectivity index (χ0n) is 9.38. The first-order chi connectivity index (χ1) is 8.41. The van der Waals surface area contributed by atoms with E-state index in [1.807, 2.05) is 0 Å². The summed E-state index contributed by atoms with van der Waals surface area (Å²) >= 11 is 0. The van der Waals surface area contributed by atoms with Crippen molar-refractivity contribution in [2.24, 2.45) is 0 Å². The first-order valence-electron chi connectivity index (χ1n) is 5.10. The molecule has 1 fully saturated rings. The summed E-state index contributed by atoms with van der Waals surface area (Å²) in [5.74, 6) is 0.277. The van der Waals surface area contributed by atoms with Crippen LogP contribution in [0.15, 0.2) is 18.2 Å². The molecule has 18 heavy (non-hydrogen) atoms. The molecule has 98 valence electrons. The molecule has 0 bridgehead atoms. The second kappa shape index (κ2) is 4.40. The SMILES string of the molecule is COc1ccc(C(F)(F)F)cc1C1COC(=O)N1. The summed E-state index contributed by atoms with van der Waals surface area (Å²) in [4.78, 5) is 10.9. The van der Waals surface area contributed by atoms with Crippen LogP contribution in [0.2, 0.25) is 0 Å². The Morgan fingerprint density at radius 3 is 2.67 bits per heavy atom. The Bertz CT molecular complexity index is 473. The predicted octanol–water partition coefficient (Wildman–Crippen LogP) is 2.49. The molecule has 1 aliphatic rings. The Kier molecular flexibility index (Phi) is 3.06. The van der Waals surface area contributed by atoms with Gasteiger partial charge in [0.25, 0.3) is 0 Å². The van der Waals surface area contributed by atoms with E-state index in [-0.39, 0.29) is 17.9 Å². The minimum atomic E-state index is -4.44. The fourth-order valence-corrected chi connectivity index (χ4v) is 1.74. The van der Waals surface area contributed by atoms with Gasteiger partial charge in [-0.15, -0.1) is 0 Å². The number of carbonyl (C=O) groups excluding carboxylic acids is 1. The molecule has 1 heterocycles. The normalized spacial score (nSPS) is 19.3. The molecule has 0 radical (unpaired) electrons. The van der Waals surface area contributed by atoms with E-state index in [1.165, 1.54) is 13.2 Å². The molecule has 0 aromatic heterocycles. The lowest BCUT2D eigenvalue weighted by Crippen LogP contribution is -2.19. The van der Waals surface area contributed by atoms with Crippen LogP contribution in [0.4, 0.5) is 18.0 Å². The molecule has 7 heteroatoms. The minimum Gasteiger partial charge on any atom is -0.496 e. The number of hydrogen-bond donors (Lipinski definition) is 1. The predicted molar refractivity (Wildman–Crippen MR) is 55.2 cm³/mol. The molecular formula is C11H10F3NO3. The lowest BCUT2D eigenvalue weighted by molar-refractivity contribution is -0.137. The summed E-state index contributed by atoms with van der Waals surface area (Å²) in [5.41, 5.74) is -0.544. The molecule has 1 aromatic rings. The molecule has 1 saturated heterocycles. The van der Waals surface area contributed by atoms with Crippen molar-refractivity contribution in [3.63, 3.8) is 0 Å². The molecule has 4 nitrogen and oxygen atoms in total. The van der Waals surface area contributed by atoms with Gasteiger partial charge in [-0.05, 0) is 18.2 Å². The van der Waals surface area contributed by atoms with E-state index in [0.717, 1.165) is 12.1 Å². The van der Waals surface area contributed by atoms with Crippen molar-refractivity contribution in [1.82, 2.24) is 5.32 Å². The van der Waals surface area contributed by atoms with Gasteiger partial charge in [0.15, 0.2) is 0 Å². The monoisotopic (exact) mass is 261 g/mol. The van der Waals surface area contributed by atoms with E-state index in [1.54, 1.807) is 0 Å². The lowest BCUT2D eigenvalue weighted by Gasteiger charge is -2.15. The van der Waals surface area contributed by atoms with Gasteiger partial charge >= 0.3 is 12.3 Å². The third-order valence-electron chi connectivity index (χ3n) is 2.61. The van der Waals surface area contributed by atoms with Crippen LogP contribution in [-0.2, 0) is 10.9 Å². The van der Waals surface area contributed by atoms with E-state index in [2.05, 4.69) is 10.1 Å². The van der Waals surface area contributed by atoms with Crippen molar-refractivity contribution in [3.05, 3.63) is 29.3 Å². The summed E-state index contributed by atoms with van der Waals surface area (Å²) < 4.78 is 47.5. The average molecular weight is 261 g/mol. The summed E-state index contributed by atoms with van der Waals surface area (Å²) in [6, 6.07) is 2.48. The number of methoxy groups -OCH3 is 1. The number of amides is 1. The topological polar surface area (TPSA) is 47.6 Å². The van der Waals surface area contributed by atoms with E-state index < -0.39 is 23.9 Å². The molecule has 0 saturated carbocycles. The molecule has 1 aliphatic heterocycles. The van der Waals surface area contributed by atoms with Crippen molar-refractivity contribution < 1.29 is 27.4 Å². The highest BCUT2D eigenvalue weighted by molar-refractivity contribution is 5.70. The zero-order valence-corrected chi connectivity index (χ0v) is 9.38. The third kappa shape index (κ3) is 2.34. The average Bonchev–Trinajstić information content (AvgIpc) is 2.73. The van der Waals surface area contributed by atoms with Gasteiger partial charge in [0.05, 0.1) is 18.7 Å². The smallest absolute Gasteiger partial charge is 0.416 e. The largest absolute Gasteiger partial charge is 0.496 e. The van der Waals surface area contributed by atoms with Crippen LogP contribution in [0.25, 0.3) is 0 Å². The van der Waals surface area contributed by atoms with E-state index in [9.17, 15) is 18.0 Å². The van der Waals surface area contributed by atoms with E-state index >= 15 is 0 Å². The minimum absolute atomic E-state index is 0.0174. The van der Waals surface area contributed by atoms with Crippen molar-refractivity contribution in [2.75, 3.05) is 13.7 Å². The molecule has 1 N–H and O–H groups in total. The first kappa shape index (κ1) is 12.5. The van der Waals surface area contributed by atoms with Gasteiger partial charge in [-0.1, -0.05) is 0 Å². The van der Waals surface area contributed by atoms with Crippen LogP contribution in [0.1, 0.15) is 17.2 Å². The maximum Gasteiger partial charge on any atom is 0.416 e. The van der Waals surface area contributed by atoms with Gasteiger partial charge < -0.3 is 14.8 Å². The number of ether oxygens (including phenoxy) is 2. The third-order valence-corrected chi connectivity index (χ3v) is 2.61. The Hall–Kier alpha value is -1.92. The second-order valence-corrected chi connectivity index (χ2v) is 3.75. The van der Waals surface area contributed by atoms with Crippen LogP contribution in [0.5, 0.6) is 5.75 Å². The van der Waals surface area contributed by atoms with E-state index in [0.29, 0.717) is 0 Å². The maximum atomic E-state index is 12.6. The molecule has 1 unspecified atom stereocenters. The molecule has 1 amide bonds. The lowest BCUT2D eigenvalue weighted by atomic mass is 10.0. The molecule has 0 spiro atoms. The number of cyclic esters (lactones) is 1. The number of alkyl carbamates (subject to hydrolysis) is 1. The Balaban J connectivity index is 2.40. The summed E-state index contributed by atoms with van der Waals surface area (Å²) in [5, 5.41) is 2.42. The number of rotatable bonds is 2. The van der Waals surface area contributed by atoms with Crippen molar-refractivity contribution in [1.29, 1.82) is 0 Å². The number of nitrogens with one attached hydrogen (secondary N) is 1. The Labute approximate surface area is 101 Å². The van der Waals surface area contributed by atoms with Crippen molar-refractivity contribution >= 4 is 6.09 Å². The number of carbonyl (C=O) groups is 1. The molecular weight excluding hydrogens is 251 g/mol. The van der Waals surface area contributed by atoms with Crippen LogP contribution < -0.4 is 10.1 Å². The van der Waals surface area contributed by atoms with Gasteiger partial charge in [-0.25, -0.2) is 4.79 Å². The fraction of sp³-hybridized carbons (Fsp3) is 0.364. The quantitative estimate of drug-likeness (QED) is 0.889. The molecule has 2 rings (SSSR count). The van der Waals surface area contributed by atoms with Gasteiger partial charge in [-0.2, -0.15) is 13.2 Å². The number of alkyl halides is 3. The first-order valence-corrected chi connectivity index (χ1v) is 5.10. The van der Waals surface area contributed by atoms with Crippen LogP contribution >= 0.6 is 0 Å². The number of hydrogen-bond acceptors (Lipinski definition) is 3. The maximum absolute atomic E-state index is 12.6. The van der Waals surface area contributed by atoms with Crippen LogP contribution in [-0.4, -0.2) is 19.8 Å². The Morgan fingerprint density at radius 2 is 2.17 bits per heavy atom.